The Morgan fingerprint density at radius 1 is 1.60 bits per heavy atom. The minimum atomic E-state index is -0.743. The minimum absolute atomic E-state index is 0.0949. The Morgan fingerprint density at radius 3 is 2.20 bits per heavy atom. The summed E-state index contributed by atoms with van der Waals surface area (Å²) in [7, 11) is 1.79. The van der Waals surface area contributed by atoms with Crippen molar-refractivity contribution in [2.24, 2.45) is 5.92 Å². The van der Waals surface area contributed by atoms with E-state index in [0.29, 0.717) is 5.92 Å². The van der Waals surface area contributed by atoms with Crippen LogP contribution in [-0.2, 0) is 4.79 Å². The molecule has 0 aromatic rings. The molecule has 0 radical (unpaired) electrons. The van der Waals surface area contributed by atoms with Crippen molar-refractivity contribution < 1.29 is 9.90 Å². The van der Waals surface area contributed by atoms with Crippen molar-refractivity contribution >= 4 is 5.97 Å². The molecule has 0 saturated heterocycles. The minimum Gasteiger partial charge on any atom is -0.481 e. The van der Waals surface area contributed by atoms with E-state index < -0.39 is 5.97 Å². The van der Waals surface area contributed by atoms with Crippen molar-refractivity contribution in [3.63, 3.8) is 0 Å². The quantitative estimate of drug-likeness (QED) is 0.612. The summed E-state index contributed by atoms with van der Waals surface area (Å²) in [5, 5.41) is 11.4. The van der Waals surface area contributed by atoms with E-state index in [-0.39, 0.29) is 12.5 Å². The first-order valence-corrected chi connectivity index (χ1v) is 3.47. The van der Waals surface area contributed by atoms with Crippen molar-refractivity contribution in [3.8, 4) is 0 Å². The lowest BCUT2D eigenvalue weighted by atomic mass is 10.0. The Balaban J connectivity index is 3.71. The summed E-state index contributed by atoms with van der Waals surface area (Å²) >= 11 is 0. The maximum atomic E-state index is 10.2. The first kappa shape index (κ1) is 9.43. The Labute approximate surface area is 61.4 Å². The molecular weight excluding hydrogens is 130 g/mol. The van der Waals surface area contributed by atoms with E-state index in [4.69, 9.17) is 5.11 Å². The van der Waals surface area contributed by atoms with Gasteiger partial charge in [0.1, 0.15) is 0 Å². The lowest BCUT2D eigenvalue weighted by Gasteiger charge is -2.17. The first-order chi connectivity index (χ1) is 4.57. The third-order valence-electron chi connectivity index (χ3n) is 1.57. The Kier molecular flexibility index (Phi) is 4.03. The lowest BCUT2D eigenvalue weighted by molar-refractivity contribution is -0.137. The van der Waals surface area contributed by atoms with Gasteiger partial charge in [-0.1, -0.05) is 13.8 Å². The average molecular weight is 145 g/mol. The molecule has 0 bridgehead atoms. The van der Waals surface area contributed by atoms with E-state index in [1.54, 1.807) is 7.05 Å². The Bertz CT molecular complexity index is 112. The molecule has 0 rings (SSSR count). The number of hydrogen-bond donors (Lipinski definition) is 2. The van der Waals surface area contributed by atoms with Gasteiger partial charge in [-0.15, -0.1) is 0 Å². The predicted molar refractivity (Wildman–Crippen MR) is 39.9 cm³/mol. The van der Waals surface area contributed by atoms with Crippen LogP contribution in [0.15, 0.2) is 0 Å². The third-order valence-corrected chi connectivity index (χ3v) is 1.57. The van der Waals surface area contributed by atoms with E-state index in [0.717, 1.165) is 0 Å². The summed E-state index contributed by atoms with van der Waals surface area (Å²) in [4.78, 5) is 10.2. The molecule has 3 nitrogen and oxygen atoms in total. The van der Waals surface area contributed by atoms with Gasteiger partial charge in [0.2, 0.25) is 0 Å². The van der Waals surface area contributed by atoms with Gasteiger partial charge in [-0.25, -0.2) is 0 Å². The Hall–Kier alpha value is -0.570. The van der Waals surface area contributed by atoms with Crippen LogP contribution in [0.1, 0.15) is 20.3 Å². The molecule has 0 aromatic heterocycles. The van der Waals surface area contributed by atoms with Crippen molar-refractivity contribution in [3.05, 3.63) is 0 Å². The van der Waals surface area contributed by atoms with Crippen LogP contribution in [0.5, 0.6) is 0 Å². The molecular formula is C7H15NO2. The highest BCUT2D eigenvalue weighted by molar-refractivity contribution is 5.67. The van der Waals surface area contributed by atoms with Gasteiger partial charge in [-0.2, -0.15) is 0 Å². The highest BCUT2D eigenvalue weighted by atomic mass is 16.4. The summed E-state index contributed by atoms with van der Waals surface area (Å²) in [5.41, 5.74) is 0. The van der Waals surface area contributed by atoms with E-state index in [2.05, 4.69) is 5.32 Å². The zero-order chi connectivity index (χ0) is 8.15. The summed E-state index contributed by atoms with van der Waals surface area (Å²) < 4.78 is 0. The number of aliphatic carboxylic acids is 1. The first-order valence-electron chi connectivity index (χ1n) is 3.47. The molecule has 60 valence electrons. The van der Waals surface area contributed by atoms with Gasteiger partial charge in [0, 0.05) is 6.04 Å². The summed E-state index contributed by atoms with van der Waals surface area (Å²) in [6.07, 6.45) is 0.203. The maximum Gasteiger partial charge on any atom is 0.304 e. The second kappa shape index (κ2) is 4.28. The van der Waals surface area contributed by atoms with Crippen LogP contribution in [0.3, 0.4) is 0 Å². The van der Waals surface area contributed by atoms with Gasteiger partial charge >= 0.3 is 5.97 Å². The molecule has 0 aliphatic heterocycles. The molecule has 0 amide bonds. The largest absolute Gasteiger partial charge is 0.481 e. The van der Waals surface area contributed by atoms with Gasteiger partial charge in [0.25, 0.3) is 0 Å². The van der Waals surface area contributed by atoms with Crippen LogP contribution in [0.2, 0.25) is 0 Å². The third kappa shape index (κ3) is 3.45. The van der Waals surface area contributed by atoms with E-state index >= 15 is 0 Å². The number of hydrogen-bond acceptors (Lipinski definition) is 2. The molecule has 10 heavy (non-hydrogen) atoms. The van der Waals surface area contributed by atoms with Crippen LogP contribution < -0.4 is 5.32 Å². The van der Waals surface area contributed by atoms with Crippen LogP contribution >= 0.6 is 0 Å². The summed E-state index contributed by atoms with van der Waals surface area (Å²) in [6, 6.07) is 0.0949. The number of carbonyl (C=O) groups is 1. The standard InChI is InChI=1S/C7H15NO2/c1-5(2)6(8-3)4-7(9)10/h5-6,8H,4H2,1-3H3,(H,9,10)/t6-/m1/s1. The van der Waals surface area contributed by atoms with E-state index in [9.17, 15) is 4.79 Å². The zero-order valence-corrected chi connectivity index (χ0v) is 6.72. The van der Waals surface area contributed by atoms with Gasteiger partial charge in [-0.3, -0.25) is 4.79 Å². The normalized spacial score (nSPS) is 13.6. The number of nitrogens with one attached hydrogen (secondary N) is 1. The Morgan fingerprint density at radius 2 is 2.10 bits per heavy atom. The highest BCUT2D eigenvalue weighted by Crippen LogP contribution is 2.04. The fraction of sp³-hybridized carbons (Fsp3) is 0.857. The zero-order valence-electron chi connectivity index (χ0n) is 6.72. The molecule has 0 aliphatic rings. The van der Waals surface area contributed by atoms with Gasteiger partial charge < -0.3 is 10.4 Å². The van der Waals surface area contributed by atoms with Gasteiger partial charge in [0.05, 0.1) is 6.42 Å². The molecule has 0 aliphatic carbocycles. The smallest absolute Gasteiger partial charge is 0.304 e. The SMILES string of the molecule is CN[C@H](CC(=O)O)C(C)C. The number of carboxylic acids is 1. The summed E-state index contributed by atoms with van der Waals surface area (Å²) in [5.74, 6) is -0.367. The van der Waals surface area contributed by atoms with Crippen molar-refractivity contribution in [2.75, 3.05) is 7.05 Å². The fourth-order valence-electron chi connectivity index (χ4n) is 0.859. The second-order valence-corrected chi connectivity index (χ2v) is 2.74. The van der Waals surface area contributed by atoms with E-state index in [1.165, 1.54) is 0 Å². The second-order valence-electron chi connectivity index (χ2n) is 2.74. The lowest BCUT2D eigenvalue weighted by Crippen LogP contribution is -2.32. The van der Waals surface area contributed by atoms with E-state index in [1.807, 2.05) is 13.8 Å². The van der Waals surface area contributed by atoms with Crippen LogP contribution in [0, 0.1) is 5.92 Å². The topological polar surface area (TPSA) is 49.3 Å². The predicted octanol–water partition coefficient (Wildman–Crippen LogP) is 0.705. The van der Waals surface area contributed by atoms with Gasteiger partial charge in [0.15, 0.2) is 0 Å². The molecule has 0 aromatic carbocycles. The molecule has 0 unspecified atom stereocenters. The molecule has 2 N–H and O–H groups in total. The molecule has 3 heteroatoms. The highest BCUT2D eigenvalue weighted by Gasteiger charge is 2.13. The average Bonchev–Trinajstić information content (AvgIpc) is 1.81. The van der Waals surface area contributed by atoms with Gasteiger partial charge in [-0.05, 0) is 13.0 Å². The van der Waals surface area contributed by atoms with Crippen molar-refractivity contribution in [2.45, 2.75) is 26.3 Å². The fourth-order valence-corrected chi connectivity index (χ4v) is 0.859. The number of carboxylic acid groups (broad SMARTS) is 1. The van der Waals surface area contributed by atoms with Crippen LogP contribution in [-0.4, -0.2) is 24.2 Å². The van der Waals surface area contributed by atoms with Crippen molar-refractivity contribution in [1.82, 2.24) is 5.32 Å². The van der Waals surface area contributed by atoms with Crippen LogP contribution in [0.4, 0.5) is 0 Å². The van der Waals surface area contributed by atoms with Crippen LogP contribution in [0.25, 0.3) is 0 Å². The molecule has 0 heterocycles. The maximum absolute atomic E-state index is 10.2. The molecule has 0 saturated carbocycles. The summed E-state index contributed by atoms with van der Waals surface area (Å²) in [6.45, 7) is 4.01. The molecule has 0 fully saturated rings. The molecule has 0 spiro atoms. The van der Waals surface area contributed by atoms with Crippen molar-refractivity contribution in [1.29, 1.82) is 0 Å². The number of rotatable bonds is 4. The molecule has 1 atom stereocenters. The monoisotopic (exact) mass is 145 g/mol.